The number of nitrogens with zero attached hydrogens (tertiary/aromatic N) is 2. The second-order valence-electron chi connectivity index (χ2n) is 7.87. The van der Waals surface area contributed by atoms with Crippen molar-refractivity contribution in [2.45, 2.75) is 66.0 Å². The first-order chi connectivity index (χ1) is 10.4. The van der Waals surface area contributed by atoms with E-state index in [0.29, 0.717) is 6.54 Å². The summed E-state index contributed by atoms with van der Waals surface area (Å²) in [6, 6.07) is -0.226. The first kappa shape index (κ1) is 19.7. The molecular formula is C17H32N2O4. The number of carbonyl (C=O) groups is 2. The Kier molecular flexibility index (Phi) is 6.07. The largest absolute Gasteiger partial charge is 0.444 e. The molecular weight excluding hydrogens is 296 g/mol. The van der Waals surface area contributed by atoms with E-state index in [-0.39, 0.29) is 24.0 Å². The molecule has 0 aromatic heterocycles. The van der Waals surface area contributed by atoms with Crippen LogP contribution in [0.5, 0.6) is 0 Å². The van der Waals surface area contributed by atoms with E-state index in [1.165, 1.54) is 12.2 Å². The Hall–Kier alpha value is -1.30. The monoisotopic (exact) mass is 328 g/mol. The topological polar surface area (TPSA) is 59.1 Å². The van der Waals surface area contributed by atoms with Crippen LogP contribution in [0.15, 0.2) is 0 Å². The van der Waals surface area contributed by atoms with Gasteiger partial charge in [0.25, 0.3) is 5.91 Å². The van der Waals surface area contributed by atoms with Gasteiger partial charge in [-0.2, -0.15) is 0 Å². The number of ether oxygens (including phenoxy) is 1. The van der Waals surface area contributed by atoms with Crippen molar-refractivity contribution in [3.8, 4) is 0 Å². The minimum atomic E-state index is -0.686. The molecule has 0 radical (unpaired) electrons. The van der Waals surface area contributed by atoms with Gasteiger partial charge in [0.2, 0.25) is 0 Å². The molecule has 1 rings (SSSR count). The Morgan fingerprint density at radius 3 is 2.30 bits per heavy atom. The average molecular weight is 328 g/mol. The first-order valence-corrected chi connectivity index (χ1v) is 8.26. The van der Waals surface area contributed by atoms with E-state index in [1.54, 1.807) is 11.9 Å². The summed E-state index contributed by atoms with van der Waals surface area (Å²) in [6.07, 6.45) is 1.14. The highest BCUT2D eigenvalue weighted by Gasteiger charge is 2.51. The summed E-state index contributed by atoms with van der Waals surface area (Å²) in [5.41, 5.74) is -1.24. The maximum atomic E-state index is 12.8. The van der Waals surface area contributed by atoms with Crippen molar-refractivity contribution in [2.24, 2.45) is 11.3 Å². The van der Waals surface area contributed by atoms with Gasteiger partial charge >= 0.3 is 6.09 Å². The van der Waals surface area contributed by atoms with Crippen molar-refractivity contribution >= 4 is 12.0 Å². The Bertz CT molecular complexity index is 444. The van der Waals surface area contributed by atoms with Gasteiger partial charge in [0.1, 0.15) is 5.60 Å². The van der Waals surface area contributed by atoms with Gasteiger partial charge in [-0.15, -0.1) is 0 Å². The van der Waals surface area contributed by atoms with Gasteiger partial charge < -0.3 is 9.64 Å². The third kappa shape index (κ3) is 4.37. The van der Waals surface area contributed by atoms with Crippen LogP contribution in [0, 0.1) is 11.3 Å². The van der Waals surface area contributed by atoms with E-state index in [1.807, 2.05) is 41.5 Å². The summed E-state index contributed by atoms with van der Waals surface area (Å²) in [5.74, 6) is 0.0222. The Morgan fingerprint density at radius 1 is 1.30 bits per heavy atom. The lowest BCUT2D eigenvalue weighted by molar-refractivity contribution is -0.187. The fourth-order valence-electron chi connectivity index (χ4n) is 3.54. The predicted octanol–water partition coefficient (Wildman–Crippen LogP) is 3.07. The van der Waals surface area contributed by atoms with Crippen LogP contribution in [-0.2, 0) is 14.4 Å². The summed E-state index contributed by atoms with van der Waals surface area (Å²) >= 11 is 0. The minimum Gasteiger partial charge on any atom is -0.444 e. The van der Waals surface area contributed by atoms with Crippen molar-refractivity contribution in [2.75, 3.05) is 20.7 Å². The fourth-order valence-corrected chi connectivity index (χ4v) is 3.54. The Morgan fingerprint density at radius 2 is 1.87 bits per heavy atom. The molecule has 1 fully saturated rings. The molecule has 0 aromatic rings. The SMILES string of the molecule is CON(C)C(=O)C1(C)CCCN(C(=O)OC(C)(C)C)C1C(C)C. The number of hydrogen-bond donors (Lipinski definition) is 0. The normalized spacial score (nSPS) is 25.4. The molecule has 2 amide bonds. The highest BCUT2D eigenvalue weighted by molar-refractivity contribution is 5.83. The molecule has 0 aromatic carbocycles. The van der Waals surface area contributed by atoms with Gasteiger partial charge in [0.15, 0.2) is 0 Å². The van der Waals surface area contributed by atoms with E-state index in [2.05, 4.69) is 0 Å². The molecule has 2 unspecified atom stereocenters. The van der Waals surface area contributed by atoms with Gasteiger partial charge in [-0.05, 0) is 46.5 Å². The molecule has 6 nitrogen and oxygen atoms in total. The Balaban J connectivity index is 3.14. The zero-order valence-electron chi connectivity index (χ0n) is 15.8. The number of hydrogen-bond acceptors (Lipinski definition) is 4. The molecule has 0 bridgehead atoms. The lowest BCUT2D eigenvalue weighted by atomic mass is 9.69. The lowest BCUT2D eigenvalue weighted by Gasteiger charge is -2.49. The van der Waals surface area contributed by atoms with Crippen LogP contribution in [0.3, 0.4) is 0 Å². The highest BCUT2D eigenvalue weighted by Crippen LogP contribution is 2.41. The standard InChI is InChI=1S/C17H32N2O4/c1-12(2)13-17(6,14(20)18(7)22-8)10-9-11-19(13)15(21)23-16(3,4)5/h12-13H,9-11H2,1-8H3. The maximum Gasteiger partial charge on any atom is 0.410 e. The number of piperidine rings is 1. The number of hydroxylamine groups is 2. The van der Waals surface area contributed by atoms with E-state index in [9.17, 15) is 9.59 Å². The maximum absolute atomic E-state index is 12.8. The van der Waals surface area contributed by atoms with Crippen molar-refractivity contribution < 1.29 is 19.2 Å². The van der Waals surface area contributed by atoms with Gasteiger partial charge in [-0.25, -0.2) is 9.86 Å². The summed E-state index contributed by atoms with van der Waals surface area (Å²) in [7, 11) is 3.08. The van der Waals surface area contributed by atoms with Crippen LogP contribution < -0.4 is 0 Å². The third-order valence-electron chi connectivity index (χ3n) is 4.39. The van der Waals surface area contributed by atoms with Crippen molar-refractivity contribution in [3.05, 3.63) is 0 Å². The smallest absolute Gasteiger partial charge is 0.410 e. The molecule has 23 heavy (non-hydrogen) atoms. The average Bonchev–Trinajstić information content (AvgIpc) is 2.42. The molecule has 1 saturated heterocycles. The summed E-state index contributed by atoms with van der Waals surface area (Å²) in [6.45, 7) is 12.1. The quantitative estimate of drug-likeness (QED) is 0.747. The van der Waals surface area contributed by atoms with E-state index in [0.717, 1.165) is 12.8 Å². The number of rotatable bonds is 3. The summed E-state index contributed by atoms with van der Waals surface area (Å²) < 4.78 is 5.55. The number of amides is 2. The third-order valence-corrected chi connectivity index (χ3v) is 4.39. The van der Waals surface area contributed by atoms with E-state index in [4.69, 9.17) is 9.57 Å². The molecule has 0 saturated carbocycles. The van der Waals surface area contributed by atoms with Crippen LogP contribution in [0.1, 0.15) is 54.4 Å². The van der Waals surface area contributed by atoms with E-state index >= 15 is 0 Å². The molecule has 0 spiro atoms. The second-order valence-corrected chi connectivity index (χ2v) is 7.87. The molecule has 134 valence electrons. The van der Waals surface area contributed by atoms with Crippen LogP contribution in [0.4, 0.5) is 4.79 Å². The molecule has 1 heterocycles. The predicted molar refractivity (Wildman–Crippen MR) is 88.7 cm³/mol. The number of likely N-dealkylation sites (tertiary alicyclic amines) is 1. The summed E-state index contributed by atoms with van der Waals surface area (Å²) in [4.78, 5) is 32.3. The molecule has 1 aliphatic rings. The van der Waals surface area contributed by atoms with Crippen molar-refractivity contribution in [3.63, 3.8) is 0 Å². The van der Waals surface area contributed by atoms with Gasteiger partial charge in [-0.3, -0.25) is 9.63 Å². The molecule has 2 atom stereocenters. The van der Waals surface area contributed by atoms with Crippen LogP contribution in [0.25, 0.3) is 0 Å². The van der Waals surface area contributed by atoms with Crippen molar-refractivity contribution in [1.82, 2.24) is 9.96 Å². The van der Waals surface area contributed by atoms with Gasteiger partial charge in [0.05, 0.1) is 18.6 Å². The zero-order valence-corrected chi connectivity index (χ0v) is 15.8. The van der Waals surface area contributed by atoms with Crippen LogP contribution >= 0.6 is 0 Å². The van der Waals surface area contributed by atoms with Crippen molar-refractivity contribution in [1.29, 1.82) is 0 Å². The van der Waals surface area contributed by atoms with Gasteiger partial charge in [0, 0.05) is 13.6 Å². The lowest BCUT2D eigenvalue weighted by Crippen LogP contribution is -2.61. The molecule has 1 aliphatic heterocycles. The van der Waals surface area contributed by atoms with Gasteiger partial charge in [-0.1, -0.05) is 13.8 Å². The Labute approximate surface area is 140 Å². The molecule has 0 N–H and O–H groups in total. The second kappa shape index (κ2) is 7.07. The molecule has 6 heteroatoms. The molecule has 0 aliphatic carbocycles. The summed E-state index contributed by atoms with van der Waals surface area (Å²) in [5, 5.41) is 1.26. The minimum absolute atomic E-state index is 0.105. The van der Waals surface area contributed by atoms with E-state index < -0.39 is 11.0 Å². The zero-order chi connectivity index (χ0) is 18.0. The van der Waals surface area contributed by atoms with Crippen LogP contribution in [-0.4, -0.2) is 54.3 Å². The highest BCUT2D eigenvalue weighted by atomic mass is 16.7. The fraction of sp³-hybridized carbons (Fsp3) is 0.882. The number of carbonyl (C=O) groups excluding carboxylic acids is 2. The first-order valence-electron chi connectivity index (χ1n) is 8.26. The van der Waals surface area contributed by atoms with Crippen LogP contribution in [0.2, 0.25) is 0 Å².